The number of nitrogens with one attached hydrogen (secondary N) is 1. The van der Waals surface area contributed by atoms with Gasteiger partial charge in [0.15, 0.2) is 0 Å². The molecule has 0 fully saturated rings. The van der Waals surface area contributed by atoms with Crippen LogP contribution in [0.5, 0.6) is 0 Å². The number of thiophene rings is 1. The van der Waals surface area contributed by atoms with Gasteiger partial charge in [-0.2, -0.15) is 0 Å². The summed E-state index contributed by atoms with van der Waals surface area (Å²) in [6, 6.07) is 17.8. The monoisotopic (exact) mass is 281 g/mol. The molecule has 1 heterocycles. The van der Waals surface area contributed by atoms with Crippen LogP contribution in [0.1, 0.15) is 29.7 Å². The molecule has 1 nitrogen and oxygen atoms in total. The van der Waals surface area contributed by atoms with E-state index in [4.69, 9.17) is 0 Å². The Kier molecular flexibility index (Phi) is 3.86. The topological polar surface area (TPSA) is 12.0 Å². The lowest BCUT2D eigenvalue weighted by Gasteiger charge is -2.18. The van der Waals surface area contributed by atoms with E-state index in [-0.39, 0.29) is 6.04 Å². The van der Waals surface area contributed by atoms with Crippen LogP contribution in [0.25, 0.3) is 10.1 Å². The van der Waals surface area contributed by atoms with Crippen molar-refractivity contribution in [2.24, 2.45) is 0 Å². The zero-order chi connectivity index (χ0) is 13.9. The van der Waals surface area contributed by atoms with Gasteiger partial charge in [0.2, 0.25) is 0 Å². The Morgan fingerprint density at radius 1 is 1.05 bits per heavy atom. The molecule has 3 rings (SSSR count). The van der Waals surface area contributed by atoms with E-state index in [0.29, 0.717) is 0 Å². The first-order chi connectivity index (χ1) is 9.79. The number of benzene rings is 2. The summed E-state index contributed by atoms with van der Waals surface area (Å²) in [5, 5.41) is 7.27. The fourth-order valence-corrected chi connectivity index (χ4v) is 3.58. The van der Waals surface area contributed by atoms with Crippen LogP contribution in [0.4, 0.5) is 0 Å². The number of rotatable bonds is 4. The van der Waals surface area contributed by atoms with E-state index in [1.165, 1.54) is 26.8 Å². The molecule has 0 spiro atoms. The first kappa shape index (κ1) is 13.3. The van der Waals surface area contributed by atoms with Gasteiger partial charge in [-0.25, -0.2) is 0 Å². The summed E-state index contributed by atoms with van der Waals surface area (Å²) in [5.74, 6) is 0. The van der Waals surface area contributed by atoms with Crippen LogP contribution < -0.4 is 5.32 Å². The van der Waals surface area contributed by atoms with Crippen LogP contribution in [0, 0.1) is 6.92 Å². The Morgan fingerprint density at radius 3 is 2.55 bits per heavy atom. The Bertz CT molecular complexity index is 697. The molecule has 2 heteroatoms. The van der Waals surface area contributed by atoms with Gasteiger partial charge >= 0.3 is 0 Å². The summed E-state index contributed by atoms with van der Waals surface area (Å²) in [5.41, 5.74) is 4.02. The van der Waals surface area contributed by atoms with Crippen molar-refractivity contribution in [1.82, 2.24) is 5.32 Å². The van der Waals surface area contributed by atoms with Crippen LogP contribution in [0.2, 0.25) is 0 Å². The standard InChI is InChI=1S/C18H19NS/c1-3-19-18(14-10-8-13(2)9-11-14)16-12-20-17-7-5-4-6-15(16)17/h4-12,18-19H,3H2,1-2H3. The summed E-state index contributed by atoms with van der Waals surface area (Å²) >= 11 is 1.83. The minimum Gasteiger partial charge on any atom is -0.306 e. The Morgan fingerprint density at radius 2 is 1.80 bits per heavy atom. The molecule has 0 aliphatic carbocycles. The van der Waals surface area contributed by atoms with Crippen LogP contribution in [-0.2, 0) is 0 Å². The largest absolute Gasteiger partial charge is 0.306 e. The van der Waals surface area contributed by atoms with Crippen molar-refractivity contribution in [3.8, 4) is 0 Å². The van der Waals surface area contributed by atoms with Gasteiger partial charge < -0.3 is 5.32 Å². The lowest BCUT2D eigenvalue weighted by molar-refractivity contribution is 0.635. The van der Waals surface area contributed by atoms with Gasteiger partial charge in [0.1, 0.15) is 0 Å². The Hall–Kier alpha value is -1.64. The number of hydrogen-bond donors (Lipinski definition) is 1. The first-order valence-electron chi connectivity index (χ1n) is 7.05. The van der Waals surface area contributed by atoms with Crippen LogP contribution in [-0.4, -0.2) is 6.54 Å². The average Bonchev–Trinajstić information content (AvgIpc) is 2.90. The third kappa shape index (κ3) is 2.49. The molecule has 3 aromatic rings. The van der Waals surface area contributed by atoms with E-state index in [0.717, 1.165) is 6.54 Å². The van der Waals surface area contributed by atoms with Crippen LogP contribution >= 0.6 is 11.3 Å². The molecule has 0 radical (unpaired) electrons. The zero-order valence-corrected chi connectivity index (χ0v) is 12.7. The minimum atomic E-state index is 0.275. The quantitative estimate of drug-likeness (QED) is 0.716. The molecular weight excluding hydrogens is 262 g/mol. The molecule has 0 amide bonds. The van der Waals surface area contributed by atoms with Gasteiger partial charge in [0.25, 0.3) is 0 Å². The summed E-state index contributed by atoms with van der Waals surface area (Å²) in [7, 11) is 0. The van der Waals surface area contributed by atoms with Gasteiger partial charge in [0.05, 0.1) is 6.04 Å². The van der Waals surface area contributed by atoms with Crippen molar-refractivity contribution in [2.45, 2.75) is 19.9 Å². The summed E-state index contributed by atoms with van der Waals surface area (Å²) in [6.45, 7) is 5.25. The van der Waals surface area contributed by atoms with Crippen molar-refractivity contribution in [1.29, 1.82) is 0 Å². The lowest BCUT2D eigenvalue weighted by Crippen LogP contribution is -2.21. The minimum absolute atomic E-state index is 0.275. The summed E-state index contributed by atoms with van der Waals surface area (Å²) in [6.07, 6.45) is 0. The molecule has 0 saturated carbocycles. The van der Waals surface area contributed by atoms with Crippen molar-refractivity contribution < 1.29 is 0 Å². The highest BCUT2D eigenvalue weighted by Gasteiger charge is 2.16. The lowest BCUT2D eigenvalue weighted by atomic mass is 9.97. The van der Waals surface area contributed by atoms with Gasteiger partial charge in [-0.3, -0.25) is 0 Å². The molecule has 0 bridgehead atoms. The third-order valence-corrected chi connectivity index (χ3v) is 4.62. The highest BCUT2D eigenvalue weighted by molar-refractivity contribution is 7.17. The fourth-order valence-electron chi connectivity index (χ4n) is 2.59. The molecule has 1 atom stereocenters. The van der Waals surface area contributed by atoms with Gasteiger partial charge in [-0.05, 0) is 41.4 Å². The third-order valence-electron chi connectivity index (χ3n) is 3.64. The molecule has 1 unspecified atom stereocenters. The smallest absolute Gasteiger partial charge is 0.0591 e. The zero-order valence-electron chi connectivity index (χ0n) is 11.9. The van der Waals surface area contributed by atoms with E-state index in [9.17, 15) is 0 Å². The predicted molar refractivity (Wildman–Crippen MR) is 88.5 cm³/mol. The number of fused-ring (bicyclic) bond motifs is 1. The van der Waals surface area contributed by atoms with E-state index in [2.05, 4.69) is 73.1 Å². The molecule has 0 saturated heterocycles. The maximum absolute atomic E-state index is 3.62. The van der Waals surface area contributed by atoms with Gasteiger partial charge in [-0.1, -0.05) is 55.0 Å². The molecule has 20 heavy (non-hydrogen) atoms. The molecule has 2 aromatic carbocycles. The van der Waals surface area contributed by atoms with Gasteiger partial charge in [-0.15, -0.1) is 11.3 Å². The molecular formula is C18H19NS. The second-order valence-corrected chi connectivity index (χ2v) is 6.00. The molecule has 0 aliphatic heterocycles. The van der Waals surface area contributed by atoms with Crippen LogP contribution in [0.3, 0.4) is 0 Å². The maximum atomic E-state index is 3.62. The number of aryl methyl sites for hydroxylation is 1. The van der Waals surface area contributed by atoms with E-state index in [1.54, 1.807) is 0 Å². The fraction of sp³-hybridized carbons (Fsp3) is 0.222. The first-order valence-corrected chi connectivity index (χ1v) is 7.93. The molecule has 102 valence electrons. The molecule has 0 aliphatic rings. The second-order valence-electron chi connectivity index (χ2n) is 5.09. The van der Waals surface area contributed by atoms with Crippen molar-refractivity contribution >= 4 is 21.4 Å². The summed E-state index contributed by atoms with van der Waals surface area (Å²) in [4.78, 5) is 0. The summed E-state index contributed by atoms with van der Waals surface area (Å²) < 4.78 is 1.36. The highest BCUT2D eigenvalue weighted by Crippen LogP contribution is 2.33. The van der Waals surface area contributed by atoms with E-state index in [1.807, 2.05) is 11.3 Å². The van der Waals surface area contributed by atoms with Crippen molar-refractivity contribution in [3.63, 3.8) is 0 Å². The number of hydrogen-bond acceptors (Lipinski definition) is 2. The van der Waals surface area contributed by atoms with E-state index >= 15 is 0 Å². The van der Waals surface area contributed by atoms with Crippen molar-refractivity contribution in [2.75, 3.05) is 6.54 Å². The normalized spacial score (nSPS) is 12.7. The molecule has 1 aromatic heterocycles. The van der Waals surface area contributed by atoms with E-state index < -0.39 is 0 Å². The van der Waals surface area contributed by atoms with Crippen molar-refractivity contribution in [3.05, 3.63) is 70.6 Å². The Labute approximate surface area is 124 Å². The average molecular weight is 281 g/mol. The van der Waals surface area contributed by atoms with Crippen LogP contribution in [0.15, 0.2) is 53.9 Å². The maximum Gasteiger partial charge on any atom is 0.0591 e. The Balaban J connectivity index is 2.08. The predicted octanol–water partition coefficient (Wildman–Crippen LogP) is 4.91. The molecule has 1 N–H and O–H groups in total. The second kappa shape index (κ2) is 5.78. The highest BCUT2D eigenvalue weighted by atomic mass is 32.1. The SMILES string of the molecule is CCNC(c1ccc(C)cc1)c1csc2ccccc12. The van der Waals surface area contributed by atoms with Gasteiger partial charge in [0, 0.05) is 4.70 Å².